The molecular weight excluding hydrogens is 316 g/mol. The molecule has 0 bridgehead atoms. The van der Waals surface area contributed by atoms with Crippen LogP contribution in [-0.2, 0) is 6.54 Å². The Labute approximate surface area is 146 Å². The number of H-pyrrole nitrogens is 1. The molecule has 1 aromatic carbocycles. The number of carbonyl (C=O) groups is 1. The minimum Gasteiger partial charge on any atom is -0.325 e. The van der Waals surface area contributed by atoms with Gasteiger partial charge in [0.15, 0.2) is 0 Å². The third kappa shape index (κ3) is 3.50. The molecule has 0 aliphatic carbocycles. The number of carbonyl (C=O) groups excluding carboxylic acids is 1. The van der Waals surface area contributed by atoms with Gasteiger partial charge in [-0.25, -0.2) is 4.79 Å². The van der Waals surface area contributed by atoms with E-state index in [2.05, 4.69) is 20.6 Å². The van der Waals surface area contributed by atoms with Crippen molar-refractivity contribution in [1.82, 2.24) is 24.9 Å². The number of aromatic amines is 1. The average Bonchev–Trinajstić information content (AvgIpc) is 3.32. The van der Waals surface area contributed by atoms with Crippen LogP contribution in [0.15, 0.2) is 42.9 Å². The van der Waals surface area contributed by atoms with Crippen molar-refractivity contribution in [2.24, 2.45) is 5.92 Å². The molecule has 2 amide bonds. The van der Waals surface area contributed by atoms with Crippen molar-refractivity contribution >= 4 is 22.6 Å². The van der Waals surface area contributed by atoms with Crippen molar-refractivity contribution in [2.45, 2.75) is 25.8 Å². The highest BCUT2D eigenvalue weighted by Crippen LogP contribution is 2.24. The van der Waals surface area contributed by atoms with Crippen LogP contribution in [0, 0.1) is 5.92 Å². The van der Waals surface area contributed by atoms with Gasteiger partial charge in [0.05, 0.1) is 17.4 Å². The summed E-state index contributed by atoms with van der Waals surface area (Å²) in [7, 11) is 0. The minimum atomic E-state index is -0.0285. The summed E-state index contributed by atoms with van der Waals surface area (Å²) in [6, 6.07) is 7.69. The molecule has 3 heterocycles. The molecule has 3 aromatic rings. The highest BCUT2D eigenvalue weighted by Gasteiger charge is 2.23. The van der Waals surface area contributed by atoms with Gasteiger partial charge >= 0.3 is 6.03 Å². The first-order valence-electron chi connectivity index (χ1n) is 8.75. The first kappa shape index (κ1) is 15.7. The predicted octanol–water partition coefficient (Wildman–Crippen LogP) is 3.09. The van der Waals surface area contributed by atoms with Crippen LogP contribution in [0.4, 0.5) is 10.5 Å². The summed E-state index contributed by atoms with van der Waals surface area (Å²) in [5, 5.41) is 15.2. The molecule has 0 spiro atoms. The number of piperidine rings is 1. The monoisotopic (exact) mass is 338 g/mol. The van der Waals surface area contributed by atoms with Gasteiger partial charge in [-0.3, -0.25) is 9.78 Å². The number of benzene rings is 1. The normalized spacial score (nSPS) is 15.6. The number of aryl methyl sites for hydroxylation is 1. The van der Waals surface area contributed by atoms with Gasteiger partial charge in [0.1, 0.15) is 0 Å². The molecule has 1 saturated heterocycles. The van der Waals surface area contributed by atoms with E-state index in [1.807, 2.05) is 46.2 Å². The first-order valence-corrected chi connectivity index (χ1v) is 8.75. The zero-order valence-corrected chi connectivity index (χ0v) is 14.1. The van der Waals surface area contributed by atoms with Crippen molar-refractivity contribution in [3.05, 3.63) is 42.9 Å². The smallest absolute Gasteiger partial charge is 0.321 e. The van der Waals surface area contributed by atoms with Crippen LogP contribution in [0.25, 0.3) is 10.9 Å². The Bertz CT molecular complexity index is 832. The van der Waals surface area contributed by atoms with E-state index in [-0.39, 0.29) is 6.03 Å². The van der Waals surface area contributed by atoms with E-state index in [4.69, 9.17) is 0 Å². The van der Waals surface area contributed by atoms with Crippen LogP contribution >= 0.6 is 0 Å². The summed E-state index contributed by atoms with van der Waals surface area (Å²) in [5.41, 5.74) is 1.73. The fourth-order valence-electron chi connectivity index (χ4n) is 3.44. The molecule has 25 heavy (non-hydrogen) atoms. The molecule has 0 radical (unpaired) electrons. The molecular formula is C18H22N6O. The molecule has 1 aliphatic heterocycles. The third-order valence-corrected chi connectivity index (χ3v) is 4.95. The van der Waals surface area contributed by atoms with Gasteiger partial charge in [-0.15, -0.1) is 0 Å². The number of fused-ring (bicyclic) bond motifs is 1. The van der Waals surface area contributed by atoms with E-state index in [9.17, 15) is 4.79 Å². The van der Waals surface area contributed by atoms with Crippen molar-refractivity contribution in [3.8, 4) is 0 Å². The van der Waals surface area contributed by atoms with Crippen LogP contribution in [0.1, 0.15) is 19.3 Å². The van der Waals surface area contributed by atoms with Gasteiger partial charge < -0.3 is 10.2 Å². The molecule has 2 N–H and O–H groups in total. The molecule has 1 aliphatic rings. The van der Waals surface area contributed by atoms with E-state index in [0.29, 0.717) is 5.92 Å². The van der Waals surface area contributed by atoms with Gasteiger partial charge in [-0.1, -0.05) is 6.07 Å². The zero-order valence-electron chi connectivity index (χ0n) is 14.1. The summed E-state index contributed by atoms with van der Waals surface area (Å²) in [4.78, 5) is 14.5. The maximum atomic E-state index is 12.6. The Morgan fingerprint density at radius 3 is 2.96 bits per heavy atom. The minimum absolute atomic E-state index is 0.0285. The second-order valence-electron chi connectivity index (χ2n) is 6.56. The Kier molecular flexibility index (Phi) is 4.37. The second kappa shape index (κ2) is 6.96. The second-order valence-corrected chi connectivity index (χ2v) is 6.56. The molecule has 130 valence electrons. The summed E-state index contributed by atoms with van der Waals surface area (Å²) in [5.74, 6) is 0.658. The molecule has 0 unspecified atom stereocenters. The quantitative estimate of drug-likeness (QED) is 0.767. The van der Waals surface area contributed by atoms with Gasteiger partial charge in [0.25, 0.3) is 0 Å². The molecule has 4 rings (SSSR count). The lowest BCUT2D eigenvalue weighted by atomic mass is 9.94. The highest BCUT2D eigenvalue weighted by atomic mass is 16.2. The van der Waals surface area contributed by atoms with Gasteiger partial charge in [0, 0.05) is 37.4 Å². The van der Waals surface area contributed by atoms with E-state index in [0.717, 1.165) is 55.5 Å². The number of likely N-dealkylation sites (tertiary alicyclic amines) is 1. The van der Waals surface area contributed by atoms with Crippen molar-refractivity contribution in [1.29, 1.82) is 0 Å². The Morgan fingerprint density at radius 2 is 2.16 bits per heavy atom. The maximum absolute atomic E-state index is 12.6. The summed E-state index contributed by atoms with van der Waals surface area (Å²) in [6.07, 6.45) is 8.76. The maximum Gasteiger partial charge on any atom is 0.321 e. The van der Waals surface area contributed by atoms with Crippen LogP contribution in [-0.4, -0.2) is 44.0 Å². The van der Waals surface area contributed by atoms with E-state index >= 15 is 0 Å². The van der Waals surface area contributed by atoms with Crippen molar-refractivity contribution < 1.29 is 4.79 Å². The lowest BCUT2D eigenvalue weighted by molar-refractivity contribution is 0.177. The third-order valence-electron chi connectivity index (χ3n) is 4.95. The number of urea groups is 1. The number of nitrogens with zero attached hydrogens (tertiary/aromatic N) is 4. The molecule has 0 saturated carbocycles. The van der Waals surface area contributed by atoms with Crippen LogP contribution in [0.5, 0.6) is 0 Å². The van der Waals surface area contributed by atoms with E-state index in [1.165, 1.54) is 0 Å². The van der Waals surface area contributed by atoms with Gasteiger partial charge in [0.2, 0.25) is 0 Å². The SMILES string of the molecule is O=C(Nc1cccc2[nH]ncc12)N1CCC(CCn2cccn2)CC1. The topological polar surface area (TPSA) is 78.8 Å². The lowest BCUT2D eigenvalue weighted by Crippen LogP contribution is -2.41. The van der Waals surface area contributed by atoms with E-state index in [1.54, 1.807) is 6.20 Å². The van der Waals surface area contributed by atoms with Crippen LogP contribution in [0.3, 0.4) is 0 Å². The number of hydrogen-bond donors (Lipinski definition) is 2. The standard InChI is InChI=1S/C18H22N6O/c25-18(21-16-3-1-4-17-15(16)13-19-22-17)23-10-5-14(6-11-23)7-12-24-9-2-8-20-24/h1-4,8-9,13-14H,5-7,10-12H2,(H,19,22)(H,21,25). The number of aromatic nitrogens is 4. The molecule has 0 atom stereocenters. The highest BCUT2D eigenvalue weighted by molar-refractivity contribution is 6.00. The Balaban J connectivity index is 1.30. The van der Waals surface area contributed by atoms with Crippen LogP contribution < -0.4 is 5.32 Å². The molecule has 1 fully saturated rings. The van der Waals surface area contributed by atoms with Gasteiger partial charge in [-0.05, 0) is 43.4 Å². The number of nitrogens with one attached hydrogen (secondary N) is 2. The summed E-state index contributed by atoms with van der Waals surface area (Å²) in [6.45, 7) is 2.56. The zero-order chi connectivity index (χ0) is 17.1. The summed E-state index contributed by atoms with van der Waals surface area (Å²) >= 11 is 0. The van der Waals surface area contributed by atoms with Crippen molar-refractivity contribution in [3.63, 3.8) is 0 Å². The van der Waals surface area contributed by atoms with E-state index < -0.39 is 0 Å². The molecule has 7 nitrogen and oxygen atoms in total. The van der Waals surface area contributed by atoms with Crippen LogP contribution in [0.2, 0.25) is 0 Å². The predicted molar refractivity (Wildman–Crippen MR) is 96.3 cm³/mol. The fraction of sp³-hybridized carbons (Fsp3) is 0.389. The Morgan fingerprint density at radius 1 is 1.28 bits per heavy atom. The average molecular weight is 338 g/mol. The first-order chi connectivity index (χ1) is 12.3. The lowest BCUT2D eigenvalue weighted by Gasteiger charge is -2.32. The molecule has 7 heteroatoms. The largest absolute Gasteiger partial charge is 0.325 e. The number of rotatable bonds is 4. The number of amides is 2. The van der Waals surface area contributed by atoms with Gasteiger partial charge in [-0.2, -0.15) is 10.2 Å². The number of anilines is 1. The van der Waals surface area contributed by atoms with Crippen molar-refractivity contribution in [2.75, 3.05) is 18.4 Å². The Hall–Kier alpha value is -2.83. The number of hydrogen-bond acceptors (Lipinski definition) is 3. The fourth-order valence-corrected chi connectivity index (χ4v) is 3.44. The summed E-state index contributed by atoms with van der Waals surface area (Å²) < 4.78 is 1.98. The molecule has 2 aromatic heterocycles.